The predicted molar refractivity (Wildman–Crippen MR) is 108 cm³/mol. The molecule has 0 spiro atoms. The molecule has 25 heavy (non-hydrogen) atoms. The fraction of sp³-hybridized carbons (Fsp3) is 0.500. The Bertz CT molecular complexity index is 711. The molecule has 136 valence electrons. The van der Waals surface area contributed by atoms with Gasteiger partial charge in [-0.05, 0) is 56.8 Å². The molecule has 2 aromatic rings. The van der Waals surface area contributed by atoms with E-state index in [0.717, 1.165) is 37.4 Å². The van der Waals surface area contributed by atoms with E-state index in [1.165, 1.54) is 23.8 Å². The van der Waals surface area contributed by atoms with Crippen LogP contribution >= 0.6 is 24.8 Å². The summed E-state index contributed by atoms with van der Waals surface area (Å²) in [6.07, 6.45) is 4.23. The Labute approximate surface area is 160 Å². The zero-order chi connectivity index (χ0) is 17.1. The van der Waals surface area contributed by atoms with Crippen molar-refractivity contribution in [2.75, 3.05) is 18.4 Å². The first-order valence-electron chi connectivity index (χ1n) is 8.37. The van der Waals surface area contributed by atoms with Crippen molar-refractivity contribution in [1.29, 1.82) is 0 Å². The van der Waals surface area contributed by atoms with Gasteiger partial charge in [0, 0.05) is 42.5 Å². The molecule has 1 N–H and O–H groups in total. The van der Waals surface area contributed by atoms with Gasteiger partial charge in [0.15, 0.2) is 5.13 Å². The van der Waals surface area contributed by atoms with Gasteiger partial charge in [0.25, 0.3) is 0 Å². The lowest BCUT2D eigenvalue weighted by atomic mass is 9.98. The summed E-state index contributed by atoms with van der Waals surface area (Å²) >= 11 is 1.56. The van der Waals surface area contributed by atoms with Gasteiger partial charge in [0.1, 0.15) is 0 Å². The number of hydrogen-bond acceptors (Lipinski definition) is 5. The SMILES string of the molecule is CC(=O)Nc1ncc(CN2CC[C@H](Cc3cc(C)nc(C)c3)C2)s1.S. The second kappa shape index (κ2) is 8.78. The van der Waals surface area contributed by atoms with E-state index in [4.69, 9.17) is 0 Å². The number of hydrogen-bond donors (Lipinski definition) is 1. The fourth-order valence-electron chi connectivity index (χ4n) is 3.40. The summed E-state index contributed by atoms with van der Waals surface area (Å²) in [5.74, 6) is 0.633. The zero-order valence-electron chi connectivity index (χ0n) is 15.0. The third-order valence-corrected chi connectivity index (χ3v) is 5.15. The second-order valence-electron chi connectivity index (χ2n) is 6.67. The van der Waals surface area contributed by atoms with Crippen LogP contribution in [0.5, 0.6) is 0 Å². The maximum absolute atomic E-state index is 11.1. The third kappa shape index (κ3) is 5.80. The van der Waals surface area contributed by atoms with Crippen molar-refractivity contribution >= 4 is 35.9 Å². The van der Waals surface area contributed by atoms with Crippen LogP contribution in [0.1, 0.15) is 35.2 Å². The molecule has 0 bridgehead atoms. The van der Waals surface area contributed by atoms with Crippen LogP contribution in [0.15, 0.2) is 18.3 Å². The number of aromatic nitrogens is 2. The topological polar surface area (TPSA) is 58.1 Å². The lowest BCUT2D eigenvalue weighted by molar-refractivity contribution is -0.114. The molecule has 5 nitrogen and oxygen atoms in total. The Hall–Kier alpha value is -1.44. The van der Waals surface area contributed by atoms with Gasteiger partial charge < -0.3 is 5.32 Å². The number of aryl methyl sites for hydroxylation is 2. The molecule has 1 saturated heterocycles. The summed E-state index contributed by atoms with van der Waals surface area (Å²) in [6, 6.07) is 4.41. The number of carbonyl (C=O) groups is 1. The van der Waals surface area contributed by atoms with Crippen LogP contribution in [-0.2, 0) is 17.8 Å². The molecule has 7 heteroatoms. The van der Waals surface area contributed by atoms with E-state index in [2.05, 4.69) is 46.2 Å². The summed E-state index contributed by atoms with van der Waals surface area (Å²) in [5, 5.41) is 3.44. The average molecular weight is 379 g/mol. The molecule has 1 aliphatic heterocycles. The molecule has 3 heterocycles. The molecule has 0 saturated carbocycles. The third-order valence-electron chi connectivity index (χ3n) is 4.25. The van der Waals surface area contributed by atoms with Crippen molar-refractivity contribution in [2.45, 2.75) is 40.2 Å². The van der Waals surface area contributed by atoms with E-state index < -0.39 is 0 Å². The monoisotopic (exact) mass is 378 g/mol. The van der Waals surface area contributed by atoms with E-state index in [9.17, 15) is 4.79 Å². The Morgan fingerprint density at radius 1 is 1.36 bits per heavy atom. The van der Waals surface area contributed by atoms with Gasteiger partial charge in [-0.25, -0.2) is 4.98 Å². The first-order chi connectivity index (χ1) is 11.5. The number of amides is 1. The highest BCUT2D eigenvalue weighted by Crippen LogP contribution is 2.25. The molecule has 1 atom stereocenters. The molecule has 0 aromatic carbocycles. The minimum Gasteiger partial charge on any atom is -0.302 e. The van der Waals surface area contributed by atoms with Gasteiger partial charge in [-0.15, -0.1) is 11.3 Å². The van der Waals surface area contributed by atoms with Crippen molar-refractivity contribution in [2.24, 2.45) is 5.92 Å². The molecule has 0 unspecified atom stereocenters. The quantitative estimate of drug-likeness (QED) is 0.867. The lowest BCUT2D eigenvalue weighted by Crippen LogP contribution is -2.20. The van der Waals surface area contributed by atoms with Gasteiger partial charge in [-0.1, -0.05) is 0 Å². The maximum atomic E-state index is 11.1. The number of likely N-dealkylation sites (tertiary alicyclic amines) is 1. The Morgan fingerprint density at radius 3 is 2.76 bits per heavy atom. The normalized spacial score (nSPS) is 17.3. The summed E-state index contributed by atoms with van der Waals surface area (Å²) in [4.78, 5) is 23.5. The summed E-state index contributed by atoms with van der Waals surface area (Å²) in [7, 11) is 0. The maximum Gasteiger partial charge on any atom is 0.223 e. The minimum absolute atomic E-state index is 0. The van der Waals surface area contributed by atoms with Crippen LogP contribution in [-0.4, -0.2) is 33.9 Å². The highest BCUT2D eigenvalue weighted by atomic mass is 32.1. The van der Waals surface area contributed by atoms with Gasteiger partial charge >= 0.3 is 0 Å². The summed E-state index contributed by atoms with van der Waals surface area (Å²) in [6.45, 7) is 8.80. The molecule has 2 aromatic heterocycles. The predicted octanol–water partition coefficient (Wildman–Crippen LogP) is 3.29. The molecule has 0 aliphatic carbocycles. The van der Waals surface area contributed by atoms with Crippen molar-refractivity contribution < 1.29 is 4.79 Å². The average Bonchev–Trinajstić information content (AvgIpc) is 3.07. The van der Waals surface area contributed by atoms with Crippen molar-refractivity contribution in [3.8, 4) is 0 Å². The molecular weight excluding hydrogens is 352 g/mol. The van der Waals surface area contributed by atoms with Crippen LogP contribution in [0.4, 0.5) is 5.13 Å². The van der Waals surface area contributed by atoms with Crippen LogP contribution in [0.3, 0.4) is 0 Å². The number of nitrogens with one attached hydrogen (secondary N) is 1. The number of anilines is 1. The second-order valence-corrected chi connectivity index (χ2v) is 7.78. The van der Waals surface area contributed by atoms with Crippen LogP contribution < -0.4 is 5.32 Å². The van der Waals surface area contributed by atoms with E-state index in [1.807, 2.05) is 6.20 Å². The minimum atomic E-state index is -0.0694. The molecule has 0 radical (unpaired) electrons. The van der Waals surface area contributed by atoms with Gasteiger partial charge in [-0.2, -0.15) is 13.5 Å². The lowest BCUT2D eigenvalue weighted by Gasteiger charge is -2.15. The van der Waals surface area contributed by atoms with E-state index in [0.29, 0.717) is 11.0 Å². The number of nitrogens with zero attached hydrogens (tertiary/aromatic N) is 3. The molecule has 3 rings (SSSR count). The Morgan fingerprint density at radius 2 is 2.08 bits per heavy atom. The number of carbonyl (C=O) groups excluding carboxylic acids is 1. The fourth-order valence-corrected chi connectivity index (χ4v) is 4.31. The Kier molecular flexibility index (Phi) is 6.98. The van der Waals surface area contributed by atoms with Crippen molar-refractivity contribution in [3.05, 3.63) is 40.2 Å². The standard InChI is InChI=1S/C18H24N4OS.H2S/c1-12-6-16(7-13(2)20-12)8-15-4-5-22(10-15)11-17-9-19-18(24-17)21-14(3)23;/h6-7,9,15H,4-5,8,10-11H2,1-3H3,(H,19,21,23);1H2/t15-;/m1./s1. The zero-order valence-corrected chi connectivity index (χ0v) is 16.8. The van der Waals surface area contributed by atoms with Crippen molar-refractivity contribution in [3.63, 3.8) is 0 Å². The summed E-state index contributed by atoms with van der Waals surface area (Å²) < 4.78 is 0. The highest BCUT2D eigenvalue weighted by molar-refractivity contribution is 7.59. The van der Waals surface area contributed by atoms with Crippen LogP contribution in [0.25, 0.3) is 0 Å². The van der Waals surface area contributed by atoms with E-state index in [1.54, 1.807) is 11.3 Å². The van der Waals surface area contributed by atoms with Crippen LogP contribution in [0, 0.1) is 19.8 Å². The van der Waals surface area contributed by atoms with E-state index in [-0.39, 0.29) is 19.4 Å². The molecule has 1 aliphatic rings. The molecule has 1 fully saturated rings. The van der Waals surface area contributed by atoms with Crippen molar-refractivity contribution in [1.82, 2.24) is 14.9 Å². The van der Waals surface area contributed by atoms with Crippen LogP contribution in [0.2, 0.25) is 0 Å². The number of thiazole rings is 1. The van der Waals surface area contributed by atoms with Gasteiger partial charge in [0.2, 0.25) is 5.91 Å². The number of pyridine rings is 1. The number of rotatable bonds is 5. The smallest absolute Gasteiger partial charge is 0.223 e. The summed E-state index contributed by atoms with van der Waals surface area (Å²) in [5.41, 5.74) is 3.61. The molecule has 1 amide bonds. The van der Waals surface area contributed by atoms with E-state index >= 15 is 0 Å². The van der Waals surface area contributed by atoms with Gasteiger partial charge in [0.05, 0.1) is 0 Å². The largest absolute Gasteiger partial charge is 0.302 e. The highest BCUT2D eigenvalue weighted by Gasteiger charge is 2.23. The molecular formula is C18H26N4OS2. The first-order valence-corrected chi connectivity index (χ1v) is 9.18. The Balaban J connectivity index is 0.00000225. The first kappa shape index (κ1) is 19.9. The van der Waals surface area contributed by atoms with Gasteiger partial charge in [-0.3, -0.25) is 14.7 Å².